The molecule has 0 radical (unpaired) electrons. The van der Waals surface area contributed by atoms with Crippen LogP contribution in [0.3, 0.4) is 0 Å². The maximum absolute atomic E-state index is 12.5. The highest BCUT2D eigenvalue weighted by Crippen LogP contribution is 2.28. The quantitative estimate of drug-likeness (QED) is 0.624. The Labute approximate surface area is 165 Å². The van der Waals surface area contributed by atoms with E-state index in [-0.39, 0.29) is 11.8 Å². The van der Waals surface area contributed by atoms with Crippen LogP contribution in [0.2, 0.25) is 0 Å². The van der Waals surface area contributed by atoms with Crippen LogP contribution in [0, 0.1) is 0 Å². The molecule has 0 unspecified atom stereocenters. The topological polar surface area (TPSA) is 59.1 Å². The second-order valence-electron chi connectivity index (χ2n) is 6.59. The Hall–Kier alpha value is -2.86. The van der Waals surface area contributed by atoms with Gasteiger partial charge in [0.1, 0.15) is 0 Å². The van der Waals surface area contributed by atoms with Gasteiger partial charge in [-0.05, 0) is 43.3 Å². The summed E-state index contributed by atoms with van der Waals surface area (Å²) in [7, 11) is 1.63. The number of fused-ring (bicyclic) bond motifs is 1. The summed E-state index contributed by atoms with van der Waals surface area (Å²) in [4.78, 5) is 28.5. The van der Waals surface area contributed by atoms with Crippen molar-refractivity contribution in [3.05, 3.63) is 59.2 Å². The molecule has 148 valence electrons. The average molecular weight is 382 g/mol. The number of hydrogen-bond acceptors (Lipinski definition) is 5. The van der Waals surface area contributed by atoms with Gasteiger partial charge in [0.2, 0.25) is 0 Å². The number of likely N-dealkylation sites (N-methyl/N-ethyl adjacent to an activating group) is 1. The number of methoxy groups -OCH3 is 1. The minimum Gasteiger partial charge on any atom is -0.493 e. The summed E-state index contributed by atoms with van der Waals surface area (Å²) in [5, 5.41) is 0. The Balaban J connectivity index is 1.64. The lowest BCUT2D eigenvalue weighted by atomic mass is 10.1. The summed E-state index contributed by atoms with van der Waals surface area (Å²) in [6.07, 6.45) is 0. The summed E-state index contributed by atoms with van der Waals surface area (Å²) in [6, 6.07) is 12.9. The first kappa shape index (κ1) is 19.9. The van der Waals surface area contributed by atoms with E-state index in [4.69, 9.17) is 9.47 Å². The fourth-order valence-electron chi connectivity index (χ4n) is 3.38. The molecule has 28 heavy (non-hydrogen) atoms. The first-order valence-electron chi connectivity index (χ1n) is 9.56. The van der Waals surface area contributed by atoms with Crippen molar-refractivity contribution in [1.82, 2.24) is 9.80 Å². The van der Waals surface area contributed by atoms with Gasteiger partial charge in [0.15, 0.2) is 11.5 Å². The third kappa shape index (κ3) is 4.02. The van der Waals surface area contributed by atoms with Gasteiger partial charge in [-0.2, -0.15) is 0 Å². The number of rotatable bonds is 9. The Morgan fingerprint density at radius 2 is 1.64 bits per heavy atom. The summed E-state index contributed by atoms with van der Waals surface area (Å²) in [5.74, 6) is 1.01. The molecule has 0 fully saturated rings. The second kappa shape index (κ2) is 8.89. The van der Waals surface area contributed by atoms with Crippen molar-refractivity contribution in [1.29, 1.82) is 0 Å². The predicted molar refractivity (Wildman–Crippen MR) is 107 cm³/mol. The van der Waals surface area contributed by atoms with Crippen LogP contribution in [0.4, 0.5) is 0 Å². The predicted octanol–water partition coefficient (Wildman–Crippen LogP) is 3.21. The van der Waals surface area contributed by atoms with Crippen LogP contribution < -0.4 is 9.47 Å². The van der Waals surface area contributed by atoms with Crippen LogP contribution in [0.25, 0.3) is 0 Å². The number of hydrogen-bond donors (Lipinski definition) is 0. The highest BCUT2D eigenvalue weighted by Gasteiger charge is 2.34. The van der Waals surface area contributed by atoms with Gasteiger partial charge in [0.25, 0.3) is 11.8 Å². The lowest BCUT2D eigenvalue weighted by molar-refractivity contribution is 0.0635. The second-order valence-corrected chi connectivity index (χ2v) is 6.59. The van der Waals surface area contributed by atoms with Gasteiger partial charge in [-0.3, -0.25) is 19.4 Å². The molecule has 6 heteroatoms. The van der Waals surface area contributed by atoms with Crippen molar-refractivity contribution in [2.75, 3.05) is 33.4 Å². The molecule has 0 aromatic heterocycles. The van der Waals surface area contributed by atoms with Crippen LogP contribution in [0.15, 0.2) is 42.5 Å². The van der Waals surface area contributed by atoms with Gasteiger partial charge in [-0.1, -0.05) is 25.1 Å². The third-order valence-corrected chi connectivity index (χ3v) is 4.90. The van der Waals surface area contributed by atoms with Crippen molar-refractivity contribution in [3.8, 4) is 11.5 Å². The maximum Gasteiger partial charge on any atom is 0.261 e. The number of amides is 2. The molecular formula is C22H26N2O4. The molecular weight excluding hydrogens is 356 g/mol. The van der Waals surface area contributed by atoms with E-state index in [1.165, 1.54) is 4.90 Å². The van der Waals surface area contributed by atoms with Crippen LogP contribution in [-0.4, -0.2) is 55.0 Å². The lowest BCUT2D eigenvalue weighted by Crippen LogP contribution is -2.38. The largest absolute Gasteiger partial charge is 0.493 e. The molecule has 3 rings (SSSR count). The van der Waals surface area contributed by atoms with E-state index in [1.807, 2.05) is 25.1 Å². The minimum atomic E-state index is -0.209. The Morgan fingerprint density at radius 1 is 0.964 bits per heavy atom. The number of carbonyl (C=O) groups is 2. The van der Waals surface area contributed by atoms with Crippen molar-refractivity contribution >= 4 is 11.8 Å². The fraction of sp³-hybridized carbons (Fsp3) is 0.364. The molecule has 0 aliphatic carbocycles. The van der Waals surface area contributed by atoms with E-state index in [1.54, 1.807) is 31.4 Å². The molecule has 1 aliphatic heterocycles. The fourth-order valence-corrected chi connectivity index (χ4v) is 3.38. The zero-order valence-corrected chi connectivity index (χ0v) is 16.6. The van der Waals surface area contributed by atoms with Crippen LogP contribution in [0.1, 0.15) is 40.1 Å². The molecule has 0 atom stereocenters. The van der Waals surface area contributed by atoms with Gasteiger partial charge in [0, 0.05) is 19.6 Å². The highest BCUT2D eigenvalue weighted by atomic mass is 16.5. The normalized spacial score (nSPS) is 13.2. The Bertz CT molecular complexity index is 830. The molecule has 1 aliphatic rings. The number of benzene rings is 2. The van der Waals surface area contributed by atoms with Crippen molar-refractivity contribution in [2.24, 2.45) is 0 Å². The Kier molecular flexibility index (Phi) is 6.31. The SMILES string of the molecule is CCOc1ccc(CN(CC)CCN2C(=O)c3ccccc3C2=O)cc1OC. The standard InChI is InChI=1S/C22H26N2O4/c1-4-23(15-16-10-11-19(28-5-2)20(14-16)27-3)12-13-24-21(25)17-8-6-7-9-18(17)22(24)26/h6-11,14H,4-5,12-13,15H2,1-3H3. The van der Waals surface area contributed by atoms with Crippen LogP contribution >= 0.6 is 0 Å². The summed E-state index contributed by atoms with van der Waals surface area (Å²) in [6.45, 7) is 7.06. The molecule has 0 N–H and O–H groups in total. The van der Waals surface area contributed by atoms with E-state index < -0.39 is 0 Å². The summed E-state index contributed by atoms with van der Waals surface area (Å²) in [5.41, 5.74) is 2.07. The van der Waals surface area contributed by atoms with E-state index >= 15 is 0 Å². The van der Waals surface area contributed by atoms with Gasteiger partial charge in [0.05, 0.1) is 24.8 Å². The maximum atomic E-state index is 12.5. The van der Waals surface area contributed by atoms with Crippen LogP contribution in [-0.2, 0) is 6.54 Å². The van der Waals surface area contributed by atoms with Crippen molar-refractivity contribution < 1.29 is 19.1 Å². The van der Waals surface area contributed by atoms with Crippen molar-refractivity contribution in [2.45, 2.75) is 20.4 Å². The van der Waals surface area contributed by atoms with Gasteiger partial charge >= 0.3 is 0 Å². The number of imide groups is 1. The zero-order valence-electron chi connectivity index (χ0n) is 16.6. The first-order valence-corrected chi connectivity index (χ1v) is 9.56. The molecule has 2 aromatic rings. The van der Waals surface area contributed by atoms with E-state index in [2.05, 4.69) is 11.8 Å². The monoisotopic (exact) mass is 382 g/mol. The molecule has 0 spiro atoms. The van der Waals surface area contributed by atoms with Gasteiger partial charge in [-0.15, -0.1) is 0 Å². The molecule has 1 heterocycles. The number of ether oxygens (including phenoxy) is 2. The van der Waals surface area contributed by atoms with Gasteiger partial charge in [-0.25, -0.2) is 0 Å². The highest BCUT2D eigenvalue weighted by molar-refractivity contribution is 6.21. The summed E-state index contributed by atoms with van der Waals surface area (Å²) < 4.78 is 11.0. The first-order chi connectivity index (χ1) is 13.6. The van der Waals surface area contributed by atoms with E-state index in [9.17, 15) is 9.59 Å². The van der Waals surface area contributed by atoms with Crippen molar-refractivity contribution in [3.63, 3.8) is 0 Å². The molecule has 2 aromatic carbocycles. The molecule has 6 nitrogen and oxygen atoms in total. The van der Waals surface area contributed by atoms with E-state index in [0.717, 1.165) is 17.9 Å². The summed E-state index contributed by atoms with van der Waals surface area (Å²) >= 11 is 0. The lowest BCUT2D eigenvalue weighted by Gasteiger charge is -2.23. The van der Waals surface area contributed by atoms with Gasteiger partial charge < -0.3 is 9.47 Å². The number of carbonyl (C=O) groups excluding carboxylic acids is 2. The molecule has 0 saturated heterocycles. The number of nitrogens with zero attached hydrogens (tertiary/aromatic N) is 2. The zero-order chi connectivity index (χ0) is 20.1. The minimum absolute atomic E-state index is 0.209. The Morgan fingerprint density at radius 3 is 2.21 bits per heavy atom. The molecule has 0 bridgehead atoms. The third-order valence-electron chi connectivity index (χ3n) is 4.90. The smallest absolute Gasteiger partial charge is 0.261 e. The molecule has 0 saturated carbocycles. The van der Waals surface area contributed by atoms with E-state index in [0.29, 0.717) is 43.1 Å². The average Bonchev–Trinajstić information content (AvgIpc) is 2.97. The van der Waals surface area contributed by atoms with Crippen LogP contribution in [0.5, 0.6) is 11.5 Å². The molecule has 2 amide bonds.